The molecule has 1 fully saturated rings. The van der Waals surface area contributed by atoms with E-state index in [1.807, 2.05) is 0 Å². The van der Waals surface area contributed by atoms with Crippen molar-refractivity contribution >= 4 is 34.7 Å². The second-order valence-electron chi connectivity index (χ2n) is 9.35. The summed E-state index contributed by atoms with van der Waals surface area (Å²) in [6.07, 6.45) is -2.17. The number of ketones is 1. The quantitative estimate of drug-likeness (QED) is 0.172. The number of aromatic nitrogens is 4. The van der Waals surface area contributed by atoms with Gasteiger partial charge < -0.3 is 35.6 Å². The number of nitrogen functional groups attached to an aromatic ring is 1. The van der Waals surface area contributed by atoms with Gasteiger partial charge in [-0.05, 0) is 30.2 Å². The van der Waals surface area contributed by atoms with E-state index in [1.54, 1.807) is 6.07 Å². The number of nitrogens with two attached hydrogens (primary N) is 1. The molecular weight excluding hydrogens is 538 g/mol. The summed E-state index contributed by atoms with van der Waals surface area (Å²) in [4.78, 5) is 48.1. The Hall–Kier alpha value is -4.92. The first-order valence-electron chi connectivity index (χ1n) is 12.4. The summed E-state index contributed by atoms with van der Waals surface area (Å²) in [6, 6.07) is 10.2. The number of benzene rings is 2. The molecule has 41 heavy (non-hydrogen) atoms. The molecule has 1 aliphatic heterocycles. The normalized spacial score (nSPS) is 20.2. The number of carbonyl (C=O) groups excluding carboxylic acids is 1. The lowest BCUT2D eigenvalue weighted by Gasteiger charge is -2.17. The van der Waals surface area contributed by atoms with Gasteiger partial charge in [-0.2, -0.15) is 0 Å². The molecule has 1 saturated heterocycles. The highest BCUT2D eigenvalue weighted by Crippen LogP contribution is 2.33. The number of aliphatic hydroxyl groups excluding tert-OH is 2. The molecule has 2 aromatic heterocycles. The molecule has 0 aliphatic carbocycles. The number of aryl methyl sites for hydroxylation is 1. The van der Waals surface area contributed by atoms with E-state index in [4.69, 9.17) is 15.2 Å². The summed E-state index contributed by atoms with van der Waals surface area (Å²) in [7, 11) is 0. The van der Waals surface area contributed by atoms with E-state index in [0.717, 1.165) is 0 Å². The van der Waals surface area contributed by atoms with Crippen LogP contribution < -0.4 is 10.5 Å². The van der Waals surface area contributed by atoms with Crippen LogP contribution in [0.1, 0.15) is 49.3 Å². The highest BCUT2D eigenvalue weighted by molar-refractivity contribution is 6.05. The fourth-order valence-corrected chi connectivity index (χ4v) is 4.65. The number of Topliss-reactive ketones (excluding diaryl/α,β-unsaturated/α-hetero) is 1. The highest BCUT2D eigenvalue weighted by atomic mass is 16.6. The summed E-state index contributed by atoms with van der Waals surface area (Å²) in [5, 5.41) is 40.3. The zero-order valence-electron chi connectivity index (χ0n) is 21.3. The third kappa shape index (κ3) is 5.43. The van der Waals surface area contributed by atoms with Crippen molar-refractivity contribution in [2.24, 2.45) is 0 Å². The van der Waals surface area contributed by atoms with E-state index in [9.17, 15) is 34.8 Å². The number of ether oxygens (including phenoxy) is 2. The molecule has 3 heterocycles. The molecular formula is C27H25N5O9. The molecule has 212 valence electrons. The smallest absolute Gasteiger partial charge is 0.339 e. The lowest BCUT2D eigenvalue weighted by atomic mass is 9.98. The minimum absolute atomic E-state index is 0.0264. The van der Waals surface area contributed by atoms with Gasteiger partial charge in [0.05, 0.1) is 11.9 Å². The molecule has 0 amide bonds. The minimum atomic E-state index is -1.39. The number of hydrogen-bond acceptors (Lipinski definition) is 11. The molecule has 14 heteroatoms. The molecule has 4 atom stereocenters. The van der Waals surface area contributed by atoms with Crippen molar-refractivity contribution in [1.29, 1.82) is 0 Å². The average Bonchev–Trinajstić information content (AvgIpc) is 3.51. The minimum Gasteiger partial charge on any atom is -0.490 e. The predicted molar refractivity (Wildman–Crippen MR) is 141 cm³/mol. The van der Waals surface area contributed by atoms with E-state index in [1.165, 1.54) is 53.6 Å². The van der Waals surface area contributed by atoms with E-state index in [-0.39, 0.29) is 59.1 Å². The van der Waals surface area contributed by atoms with Gasteiger partial charge >= 0.3 is 11.9 Å². The van der Waals surface area contributed by atoms with Crippen molar-refractivity contribution in [2.45, 2.75) is 37.4 Å². The van der Waals surface area contributed by atoms with Gasteiger partial charge in [0.25, 0.3) is 0 Å². The lowest BCUT2D eigenvalue weighted by molar-refractivity contribution is -0.0475. The Kier molecular flexibility index (Phi) is 7.61. The van der Waals surface area contributed by atoms with Crippen LogP contribution in [0.5, 0.6) is 5.75 Å². The average molecular weight is 564 g/mol. The number of rotatable bonds is 10. The number of hydrogen-bond donors (Lipinski definition) is 5. The molecule has 2 aromatic carbocycles. The summed E-state index contributed by atoms with van der Waals surface area (Å²) in [5.74, 6) is -2.75. The van der Waals surface area contributed by atoms with Crippen LogP contribution in [0.3, 0.4) is 0 Å². The van der Waals surface area contributed by atoms with Gasteiger partial charge in [-0.15, -0.1) is 0 Å². The number of imidazole rings is 1. The Labute approximate surface area is 231 Å². The lowest BCUT2D eigenvalue weighted by Crippen LogP contribution is -2.34. The van der Waals surface area contributed by atoms with Gasteiger partial charge in [-0.1, -0.05) is 24.3 Å². The maximum atomic E-state index is 12.7. The summed E-state index contributed by atoms with van der Waals surface area (Å²) < 4.78 is 13.0. The first-order valence-corrected chi connectivity index (χ1v) is 12.4. The van der Waals surface area contributed by atoms with Crippen molar-refractivity contribution in [1.82, 2.24) is 19.5 Å². The van der Waals surface area contributed by atoms with Crippen LogP contribution in [0.2, 0.25) is 0 Å². The van der Waals surface area contributed by atoms with Crippen LogP contribution in [0, 0.1) is 0 Å². The third-order valence-corrected chi connectivity index (χ3v) is 6.78. The Balaban J connectivity index is 1.29. The third-order valence-electron chi connectivity index (χ3n) is 6.78. The molecule has 0 unspecified atom stereocenters. The van der Waals surface area contributed by atoms with Crippen molar-refractivity contribution in [2.75, 3.05) is 12.3 Å². The molecule has 5 rings (SSSR count). The van der Waals surface area contributed by atoms with E-state index < -0.39 is 36.5 Å². The van der Waals surface area contributed by atoms with Crippen LogP contribution in [0.15, 0.2) is 55.1 Å². The van der Waals surface area contributed by atoms with Gasteiger partial charge in [-0.3, -0.25) is 9.36 Å². The SMILES string of the molecule is Nc1ncnc2c1ncn2[C@@H]1O[C@H](COc2cc(CCC(=O)c3ccccc3C(=O)O)ccc2C(=O)O)[C@@H](O)[C@H]1O. The molecule has 14 nitrogen and oxygen atoms in total. The van der Waals surface area contributed by atoms with Gasteiger partial charge in [-0.25, -0.2) is 24.5 Å². The number of nitrogens with zero attached hydrogens (tertiary/aromatic N) is 4. The van der Waals surface area contributed by atoms with Crippen LogP contribution >= 0.6 is 0 Å². The first kappa shape index (κ1) is 27.6. The van der Waals surface area contributed by atoms with Crippen LogP contribution in [-0.2, 0) is 11.2 Å². The number of carboxylic acids is 2. The predicted octanol–water partition coefficient (Wildman–Crippen LogP) is 1.32. The van der Waals surface area contributed by atoms with Crippen molar-refractivity contribution in [3.8, 4) is 5.75 Å². The molecule has 0 spiro atoms. The summed E-state index contributed by atoms with van der Waals surface area (Å²) >= 11 is 0. The molecule has 0 radical (unpaired) electrons. The van der Waals surface area contributed by atoms with Gasteiger partial charge in [0, 0.05) is 12.0 Å². The van der Waals surface area contributed by atoms with Gasteiger partial charge in [0.1, 0.15) is 48.1 Å². The Bertz CT molecular complexity index is 1640. The van der Waals surface area contributed by atoms with Crippen LogP contribution in [0.25, 0.3) is 11.2 Å². The number of aromatic carboxylic acids is 2. The maximum Gasteiger partial charge on any atom is 0.339 e. The van der Waals surface area contributed by atoms with Crippen molar-refractivity contribution in [3.05, 3.63) is 77.4 Å². The zero-order chi connectivity index (χ0) is 29.3. The Morgan fingerprint density at radius 1 is 0.951 bits per heavy atom. The molecule has 0 saturated carbocycles. The second-order valence-corrected chi connectivity index (χ2v) is 9.35. The molecule has 0 bridgehead atoms. The van der Waals surface area contributed by atoms with Crippen molar-refractivity contribution < 1.29 is 44.3 Å². The number of carbonyl (C=O) groups is 3. The number of carboxylic acid groups (broad SMARTS) is 2. The van der Waals surface area contributed by atoms with E-state index in [2.05, 4.69) is 15.0 Å². The van der Waals surface area contributed by atoms with Crippen molar-refractivity contribution in [3.63, 3.8) is 0 Å². The second kappa shape index (κ2) is 11.3. The van der Waals surface area contributed by atoms with E-state index >= 15 is 0 Å². The monoisotopic (exact) mass is 563 g/mol. The van der Waals surface area contributed by atoms with Crippen LogP contribution in [-0.4, -0.2) is 82.6 Å². The number of fused-ring (bicyclic) bond motifs is 1. The van der Waals surface area contributed by atoms with E-state index in [0.29, 0.717) is 11.1 Å². The summed E-state index contributed by atoms with van der Waals surface area (Å²) in [5.41, 5.74) is 6.80. The molecule has 1 aliphatic rings. The standard InChI is InChI=1S/C27H25N5O9/c28-23-20-24(30-11-29-23)32(12-31-20)25-22(35)21(34)19(41-25)10-40-18-9-13(5-7-16(18)27(38)39)6-8-17(33)14-3-1-2-4-15(14)26(36)37/h1-5,7,9,11-12,19,21-22,25,34-35H,6,8,10H2,(H,36,37)(H,38,39)(H2,28,29,30)/t19-,21-,22-,25-/m1/s1. The largest absolute Gasteiger partial charge is 0.490 e. The number of anilines is 1. The highest BCUT2D eigenvalue weighted by Gasteiger charge is 2.45. The fourth-order valence-electron chi connectivity index (χ4n) is 4.65. The number of aliphatic hydroxyl groups is 2. The fraction of sp³-hybridized carbons (Fsp3) is 0.259. The van der Waals surface area contributed by atoms with Crippen LogP contribution in [0.4, 0.5) is 5.82 Å². The molecule has 4 aromatic rings. The Morgan fingerprint density at radius 2 is 1.68 bits per heavy atom. The zero-order valence-corrected chi connectivity index (χ0v) is 21.3. The van der Waals surface area contributed by atoms with Gasteiger partial charge in [0.2, 0.25) is 0 Å². The van der Waals surface area contributed by atoms with Gasteiger partial charge in [0.15, 0.2) is 23.5 Å². The molecule has 6 N–H and O–H groups in total. The first-order chi connectivity index (χ1) is 19.7. The topological polar surface area (TPSA) is 220 Å². The Morgan fingerprint density at radius 3 is 2.41 bits per heavy atom. The summed E-state index contributed by atoms with van der Waals surface area (Å²) in [6.45, 7) is -0.312. The maximum absolute atomic E-state index is 12.7.